The maximum absolute atomic E-state index is 10.7. The molecule has 2 aromatic rings. The SMILES string of the molecule is Cc1nc(Sc2cc([N+](=O)[O-])cc(NN)n2)n[nH]1. The van der Waals surface area contributed by atoms with Gasteiger partial charge in [-0.3, -0.25) is 15.2 Å². The van der Waals surface area contributed by atoms with E-state index in [2.05, 4.69) is 25.6 Å². The zero-order valence-electron chi connectivity index (χ0n) is 9.25. The van der Waals surface area contributed by atoms with E-state index in [9.17, 15) is 10.1 Å². The molecular formula is C8H9N7O2S. The van der Waals surface area contributed by atoms with Gasteiger partial charge in [-0.25, -0.2) is 15.8 Å². The molecule has 10 heteroatoms. The summed E-state index contributed by atoms with van der Waals surface area (Å²) in [5, 5.41) is 18.1. The first-order valence-electron chi connectivity index (χ1n) is 4.78. The van der Waals surface area contributed by atoms with Crippen LogP contribution in [0.25, 0.3) is 0 Å². The fourth-order valence-electron chi connectivity index (χ4n) is 1.18. The molecule has 0 unspecified atom stereocenters. The smallest absolute Gasteiger partial charge is 0.275 e. The highest BCUT2D eigenvalue weighted by atomic mass is 32.2. The summed E-state index contributed by atoms with van der Waals surface area (Å²) in [7, 11) is 0. The molecule has 0 fully saturated rings. The van der Waals surface area contributed by atoms with E-state index in [1.807, 2.05) is 0 Å². The summed E-state index contributed by atoms with van der Waals surface area (Å²) in [6.07, 6.45) is 0. The number of aromatic nitrogens is 4. The Hall–Kier alpha value is -2.20. The van der Waals surface area contributed by atoms with Gasteiger partial charge in [-0.05, 0) is 18.7 Å². The number of nitrogens with one attached hydrogen (secondary N) is 2. The standard InChI is InChI=1S/C8H9N7O2S/c1-4-10-8(14-13-4)18-7-3-5(15(16)17)2-6(11-7)12-9/h2-3H,9H2,1H3,(H,11,12)(H,10,13,14). The Labute approximate surface area is 105 Å². The van der Waals surface area contributed by atoms with Gasteiger partial charge >= 0.3 is 0 Å². The molecule has 2 rings (SSSR count). The van der Waals surface area contributed by atoms with E-state index in [1.54, 1.807) is 6.92 Å². The molecule has 0 saturated heterocycles. The third-order valence-electron chi connectivity index (χ3n) is 1.92. The number of H-pyrrole nitrogens is 1. The molecule has 9 nitrogen and oxygen atoms in total. The number of nitrogen functional groups attached to an aromatic ring is 1. The topological polar surface area (TPSA) is 136 Å². The zero-order valence-corrected chi connectivity index (χ0v) is 10.1. The number of anilines is 1. The molecule has 2 aromatic heterocycles. The highest BCUT2D eigenvalue weighted by molar-refractivity contribution is 7.99. The van der Waals surface area contributed by atoms with Crippen molar-refractivity contribution in [2.24, 2.45) is 5.84 Å². The van der Waals surface area contributed by atoms with Gasteiger partial charge in [0.1, 0.15) is 16.7 Å². The average Bonchev–Trinajstić information content (AvgIpc) is 2.74. The van der Waals surface area contributed by atoms with Crippen LogP contribution >= 0.6 is 11.8 Å². The first-order chi connectivity index (χ1) is 8.58. The molecule has 2 heterocycles. The normalized spacial score (nSPS) is 10.3. The molecule has 0 aliphatic rings. The number of pyridine rings is 1. The monoisotopic (exact) mass is 267 g/mol. The Bertz CT molecular complexity index is 585. The Morgan fingerprint density at radius 3 is 2.83 bits per heavy atom. The molecule has 0 atom stereocenters. The number of nitro groups is 1. The van der Waals surface area contributed by atoms with Crippen LogP contribution in [0.3, 0.4) is 0 Å². The summed E-state index contributed by atoms with van der Waals surface area (Å²) in [6.45, 7) is 1.75. The van der Waals surface area contributed by atoms with E-state index in [4.69, 9.17) is 5.84 Å². The summed E-state index contributed by atoms with van der Waals surface area (Å²) in [4.78, 5) is 18.4. The predicted octanol–water partition coefficient (Wildman–Crippen LogP) is 0.853. The minimum absolute atomic E-state index is 0.104. The molecule has 0 aliphatic carbocycles. The average molecular weight is 267 g/mol. The van der Waals surface area contributed by atoms with Crippen LogP contribution in [0.4, 0.5) is 11.5 Å². The number of rotatable bonds is 4. The summed E-state index contributed by atoms with van der Waals surface area (Å²) >= 11 is 1.10. The third-order valence-corrected chi connectivity index (χ3v) is 2.70. The molecule has 0 aliphatic heterocycles. The summed E-state index contributed by atoms with van der Waals surface area (Å²) in [5.74, 6) is 6.06. The van der Waals surface area contributed by atoms with Crippen molar-refractivity contribution >= 4 is 23.3 Å². The van der Waals surface area contributed by atoms with Crippen LogP contribution in [0.15, 0.2) is 22.3 Å². The van der Waals surface area contributed by atoms with Gasteiger partial charge in [0.15, 0.2) is 0 Å². The summed E-state index contributed by atoms with van der Waals surface area (Å²) < 4.78 is 0. The van der Waals surface area contributed by atoms with Gasteiger partial charge in [0, 0.05) is 6.07 Å². The van der Waals surface area contributed by atoms with Crippen molar-refractivity contribution in [3.8, 4) is 0 Å². The lowest BCUT2D eigenvalue weighted by molar-refractivity contribution is -0.385. The van der Waals surface area contributed by atoms with Crippen LogP contribution in [0.2, 0.25) is 0 Å². The van der Waals surface area contributed by atoms with Crippen molar-refractivity contribution in [3.63, 3.8) is 0 Å². The second kappa shape index (κ2) is 4.98. The second-order valence-corrected chi connectivity index (χ2v) is 4.24. The van der Waals surface area contributed by atoms with Crippen LogP contribution in [0, 0.1) is 17.0 Å². The van der Waals surface area contributed by atoms with E-state index in [0.717, 1.165) is 11.8 Å². The fraction of sp³-hybridized carbons (Fsp3) is 0.125. The first kappa shape index (κ1) is 12.3. The molecule has 0 bridgehead atoms. The van der Waals surface area contributed by atoms with Crippen molar-refractivity contribution in [2.45, 2.75) is 17.1 Å². The Balaban J connectivity index is 2.32. The van der Waals surface area contributed by atoms with Crippen LogP contribution in [0.5, 0.6) is 0 Å². The minimum Gasteiger partial charge on any atom is -0.308 e. The predicted molar refractivity (Wildman–Crippen MR) is 63.9 cm³/mol. The van der Waals surface area contributed by atoms with E-state index < -0.39 is 4.92 Å². The zero-order chi connectivity index (χ0) is 13.1. The van der Waals surface area contributed by atoms with Crippen LogP contribution in [0.1, 0.15) is 5.82 Å². The van der Waals surface area contributed by atoms with Gasteiger partial charge in [0.25, 0.3) is 5.69 Å². The van der Waals surface area contributed by atoms with Crippen LogP contribution < -0.4 is 11.3 Å². The molecule has 94 valence electrons. The van der Waals surface area contributed by atoms with Crippen molar-refractivity contribution < 1.29 is 4.92 Å². The highest BCUT2D eigenvalue weighted by Crippen LogP contribution is 2.27. The molecule has 0 spiro atoms. The Kier molecular flexibility index (Phi) is 3.39. The lowest BCUT2D eigenvalue weighted by atomic mass is 10.4. The van der Waals surface area contributed by atoms with Gasteiger partial charge in [0.05, 0.1) is 11.0 Å². The number of hydrogen-bond acceptors (Lipinski definition) is 8. The molecular weight excluding hydrogens is 258 g/mol. The third kappa shape index (κ3) is 2.73. The molecule has 4 N–H and O–H groups in total. The molecule has 0 saturated carbocycles. The molecule has 18 heavy (non-hydrogen) atoms. The van der Waals surface area contributed by atoms with Crippen LogP contribution in [-0.2, 0) is 0 Å². The molecule has 0 aromatic carbocycles. The minimum atomic E-state index is -0.518. The maximum atomic E-state index is 10.7. The molecule has 0 radical (unpaired) electrons. The highest BCUT2D eigenvalue weighted by Gasteiger charge is 2.13. The molecule has 0 amide bonds. The second-order valence-electron chi connectivity index (χ2n) is 3.26. The van der Waals surface area contributed by atoms with E-state index in [0.29, 0.717) is 16.0 Å². The lowest BCUT2D eigenvalue weighted by Crippen LogP contribution is -2.09. The van der Waals surface area contributed by atoms with Crippen molar-refractivity contribution in [1.29, 1.82) is 0 Å². The van der Waals surface area contributed by atoms with Crippen molar-refractivity contribution in [2.75, 3.05) is 5.43 Å². The van der Waals surface area contributed by atoms with E-state index >= 15 is 0 Å². The number of nitrogens with zero attached hydrogens (tertiary/aromatic N) is 4. The largest absolute Gasteiger partial charge is 0.308 e. The van der Waals surface area contributed by atoms with E-state index in [-0.39, 0.29) is 11.5 Å². The van der Waals surface area contributed by atoms with Gasteiger partial charge < -0.3 is 5.43 Å². The number of aryl methyl sites for hydroxylation is 1. The first-order valence-corrected chi connectivity index (χ1v) is 5.60. The number of hydrogen-bond donors (Lipinski definition) is 3. The number of hydrazine groups is 1. The maximum Gasteiger partial charge on any atom is 0.275 e. The van der Waals surface area contributed by atoms with Gasteiger partial charge in [-0.1, -0.05) is 0 Å². The summed E-state index contributed by atoms with van der Waals surface area (Å²) in [6, 6.07) is 2.57. The Morgan fingerprint density at radius 2 is 2.28 bits per heavy atom. The number of nitrogens with two attached hydrogens (primary N) is 1. The lowest BCUT2D eigenvalue weighted by Gasteiger charge is -2.02. The summed E-state index contributed by atoms with van der Waals surface area (Å²) in [5.41, 5.74) is 2.17. The van der Waals surface area contributed by atoms with Crippen molar-refractivity contribution in [1.82, 2.24) is 20.2 Å². The van der Waals surface area contributed by atoms with E-state index in [1.165, 1.54) is 12.1 Å². The van der Waals surface area contributed by atoms with Gasteiger partial charge in [0.2, 0.25) is 5.16 Å². The van der Waals surface area contributed by atoms with Crippen molar-refractivity contribution in [3.05, 3.63) is 28.1 Å². The van der Waals surface area contributed by atoms with Gasteiger partial charge in [-0.15, -0.1) is 5.10 Å². The quantitative estimate of drug-likeness (QED) is 0.421. The fourth-order valence-corrected chi connectivity index (χ4v) is 1.97. The van der Waals surface area contributed by atoms with Gasteiger partial charge in [-0.2, -0.15) is 0 Å². The Morgan fingerprint density at radius 1 is 1.50 bits per heavy atom. The number of aromatic amines is 1. The van der Waals surface area contributed by atoms with Crippen LogP contribution in [-0.4, -0.2) is 25.1 Å².